The van der Waals surface area contributed by atoms with E-state index >= 15 is 0 Å². The maximum absolute atomic E-state index is 4.62. The van der Waals surface area contributed by atoms with Gasteiger partial charge < -0.3 is 15.1 Å². The Bertz CT molecular complexity index is 414. The number of rotatable bonds is 6. The molecule has 1 saturated carbocycles. The highest BCUT2D eigenvalue weighted by molar-refractivity contribution is 5.45. The first-order valence-corrected chi connectivity index (χ1v) is 7.11. The number of hydrogen-bond acceptors (Lipinski definition) is 6. The first-order chi connectivity index (χ1) is 9.19. The Labute approximate surface area is 115 Å². The van der Waals surface area contributed by atoms with Gasteiger partial charge in [-0.05, 0) is 33.1 Å². The average Bonchev–Trinajstić information content (AvgIpc) is 2.37. The lowest BCUT2D eigenvalue weighted by Crippen LogP contribution is -2.38. The zero-order valence-corrected chi connectivity index (χ0v) is 12.3. The third-order valence-electron chi connectivity index (χ3n) is 3.82. The van der Waals surface area contributed by atoms with Gasteiger partial charge in [0.1, 0.15) is 0 Å². The third kappa shape index (κ3) is 2.88. The molecule has 0 saturated heterocycles. The molecule has 1 aliphatic rings. The molecule has 19 heavy (non-hydrogen) atoms. The van der Waals surface area contributed by atoms with E-state index in [9.17, 15) is 0 Å². The molecule has 6 heteroatoms. The Hall–Kier alpha value is -1.59. The molecule has 1 heterocycles. The molecule has 1 aromatic rings. The summed E-state index contributed by atoms with van der Waals surface area (Å²) in [5.41, 5.74) is 0. The van der Waals surface area contributed by atoms with Crippen LogP contribution in [0.2, 0.25) is 0 Å². The van der Waals surface area contributed by atoms with Crippen molar-refractivity contribution in [2.45, 2.75) is 39.2 Å². The number of anilines is 3. The fourth-order valence-electron chi connectivity index (χ4n) is 2.21. The van der Waals surface area contributed by atoms with Crippen LogP contribution in [0.15, 0.2) is 0 Å². The van der Waals surface area contributed by atoms with Crippen molar-refractivity contribution < 1.29 is 0 Å². The standard InChI is InChI=1S/C13H24N6/c1-5-19(6-2)13-16-11(14-3)15-12(17-13)18(4)10-8-7-9-10/h10H,5-9H2,1-4H3,(H,14,15,16,17). The van der Waals surface area contributed by atoms with Crippen LogP contribution in [0, 0.1) is 0 Å². The monoisotopic (exact) mass is 264 g/mol. The van der Waals surface area contributed by atoms with Crippen LogP contribution >= 0.6 is 0 Å². The van der Waals surface area contributed by atoms with Gasteiger partial charge in [0.05, 0.1) is 0 Å². The Morgan fingerprint density at radius 1 is 1.11 bits per heavy atom. The summed E-state index contributed by atoms with van der Waals surface area (Å²) in [6, 6.07) is 0.580. The minimum atomic E-state index is 0.580. The average molecular weight is 264 g/mol. The number of hydrogen-bond donors (Lipinski definition) is 1. The summed E-state index contributed by atoms with van der Waals surface area (Å²) in [6.07, 6.45) is 3.78. The molecule has 0 amide bonds. The number of nitrogens with one attached hydrogen (secondary N) is 1. The van der Waals surface area contributed by atoms with E-state index in [1.165, 1.54) is 19.3 Å². The van der Waals surface area contributed by atoms with Gasteiger partial charge in [0.25, 0.3) is 0 Å². The van der Waals surface area contributed by atoms with Crippen LogP contribution in [0.25, 0.3) is 0 Å². The molecule has 0 spiro atoms. The minimum absolute atomic E-state index is 0.580. The summed E-state index contributed by atoms with van der Waals surface area (Å²) >= 11 is 0. The van der Waals surface area contributed by atoms with Crippen LogP contribution in [0.3, 0.4) is 0 Å². The summed E-state index contributed by atoms with van der Waals surface area (Å²) in [5, 5.41) is 3.03. The highest BCUT2D eigenvalue weighted by Gasteiger charge is 2.25. The van der Waals surface area contributed by atoms with E-state index in [1.54, 1.807) is 0 Å². The van der Waals surface area contributed by atoms with Crippen molar-refractivity contribution in [3.63, 3.8) is 0 Å². The zero-order valence-electron chi connectivity index (χ0n) is 12.3. The van der Waals surface area contributed by atoms with Crippen molar-refractivity contribution in [1.82, 2.24) is 15.0 Å². The Kier molecular flexibility index (Phi) is 4.39. The van der Waals surface area contributed by atoms with E-state index in [0.29, 0.717) is 12.0 Å². The summed E-state index contributed by atoms with van der Waals surface area (Å²) in [5.74, 6) is 2.16. The van der Waals surface area contributed by atoms with Crippen molar-refractivity contribution in [2.24, 2.45) is 0 Å². The molecule has 1 aliphatic carbocycles. The molecule has 0 aromatic carbocycles. The topological polar surface area (TPSA) is 57.2 Å². The first-order valence-electron chi connectivity index (χ1n) is 7.11. The van der Waals surface area contributed by atoms with E-state index in [-0.39, 0.29) is 0 Å². The van der Waals surface area contributed by atoms with Gasteiger partial charge in [-0.15, -0.1) is 0 Å². The Balaban J connectivity index is 2.29. The van der Waals surface area contributed by atoms with Gasteiger partial charge in [0.2, 0.25) is 17.8 Å². The molecular formula is C13H24N6. The largest absolute Gasteiger partial charge is 0.357 e. The fourth-order valence-corrected chi connectivity index (χ4v) is 2.21. The maximum atomic E-state index is 4.62. The molecule has 1 N–H and O–H groups in total. The van der Waals surface area contributed by atoms with E-state index in [1.807, 2.05) is 7.05 Å². The highest BCUT2D eigenvalue weighted by Crippen LogP contribution is 2.27. The predicted molar refractivity (Wildman–Crippen MR) is 79.0 cm³/mol. The second-order valence-corrected chi connectivity index (χ2v) is 4.88. The Morgan fingerprint density at radius 2 is 1.74 bits per heavy atom. The molecule has 0 bridgehead atoms. The van der Waals surface area contributed by atoms with E-state index < -0.39 is 0 Å². The fraction of sp³-hybridized carbons (Fsp3) is 0.769. The van der Waals surface area contributed by atoms with Crippen LogP contribution in [0.5, 0.6) is 0 Å². The zero-order chi connectivity index (χ0) is 13.8. The summed E-state index contributed by atoms with van der Waals surface area (Å²) in [7, 11) is 3.92. The minimum Gasteiger partial charge on any atom is -0.357 e. The van der Waals surface area contributed by atoms with E-state index in [2.05, 4.69) is 51.0 Å². The maximum Gasteiger partial charge on any atom is 0.231 e. The van der Waals surface area contributed by atoms with Gasteiger partial charge in [-0.2, -0.15) is 15.0 Å². The molecule has 1 fully saturated rings. The molecular weight excluding hydrogens is 240 g/mol. The van der Waals surface area contributed by atoms with Crippen molar-refractivity contribution in [2.75, 3.05) is 42.3 Å². The van der Waals surface area contributed by atoms with Crippen LogP contribution in [0.4, 0.5) is 17.8 Å². The Morgan fingerprint density at radius 3 is 2.21 bits per heavy atom. The van der Waals surface area contributed by atoms with Crippen molar-refractivity contribution in [1.29, 1.82) is 0 Å². The highest BCUT2D eigenvalue weighted by atomic mass is 15.4. The van der Waals surface area contributed by atoms with Crippen molar-refractivity contribution in [3.8, 4) is 0 Å². The van der Waals surface area contributed by atoms with E-state index in [4.69, 9.17) is 0 Å². The summed E-state index contributed by atoms with van der Waals surface area (Å²) < 4.78 is 0. The lowest BCUT2D eigenvalue weighted by molar-refractivity contribution is 0.397. The predicted octanol–water partition coefficient (Wildman–Crippen LogP) is 1.75. The van der Waals surface area contributed by atoms with Gasteiger partial charge >= 0.3 is 0 Å². The second-order valence-electron chi connectivity index (χ2n) is 4.88. The van der Waals surface area contributed by atoms with Crippen molar-refractivity contribution in [3.05, 3.63) is 0 Å². The van der Waals surface area contributed by atoms with Crippen LogP contribution < -0.4 is 15.1 Å². The summed E-state index contributed by atoms with van der Waals surface area (Å²) in [6.45, 7) is 6.02. The van der Waals surface area contributed by atoms with Crippen LogP contribution in [0.1, 0.15) is 33.1 Å². The van der Waals surface area contributed by atoms with Gasteiger partial charge in [0.15, 0.2) is 0 Å². The number of nitrogens with zero attached hydrogens (tertiary/aromatic N) is 5. The normalized spacial score (nSPS) is 14.9. The molecule has 0 unspecified atom stereocenters. The lowest BCUT2D eigenvalue weighted by Gasteiger charge is -2.35. The second kappa shape index (κ2) is 6.04. The van der Waals surface area contributed by atoms with E-state index in [0.717, 1.165) is 25.0 Å². The molecule has 0 aliphatic heterocycles. The first kappa shape index (κ1) is 13.8. The molecule has 2 rings (SSSR count). The SMILES string of the molecule is CCN(CC)c1nc(NC)nc(N(C)C2CCC2)n1. The molecule has 6 nitrogen and oxygen atoms in total. The van der Waals surface area contributed by atoms with Gasteiger partial charge in [0, 0.05) is 33.2 Å². The molecule has 0 radical (unpaired) electrons. The molecule has 0 atom stereocenters. The van der Waals surface area contributed by atoms with Crippen LogP contribution in [-0.4, -0.2) is 48.2 Å². The van der Waals surface area contributed by atoms with Gasteiger partial charge in [-0.1, -0.05) is 0 Å². The quantitative estimate of drug-likeness (QED) is 0.844. The summed E-state index contributed by atoms with van der Waals surface area (Å²) in [4.78, 5) is 17.9. The third-order valence-corrected chi connectivity index (χ3v) is 3.82. The number of aromatic nitrogens is 3. The smallest absolute Gasteiger partial charge is 0.231 e. The van der Waals surface area contributed by atoms with Gasteiger partial charge in [-0.3, -0.25) is 0 Å². The lowest BCUT2D eigenvalue weighted by atomic mass is 9.92. The van der Waals surface area contributed by atoms with Crippen LogP contribution in [-0.2, 0) is 0 Å². The molecule has 1 aromatic heterocycles. The van der Waals surface area contributed by atoms with Crippen molar-refractivity contribution >= 4 is 17.8 Å². The molecule has 106 valence electrons. The van der Waals surface area contributed by atoms with Gasteiger partial charge in [-0.25, -0.2) is 0 Å².